The van der Waals surface area contributed by atoms with Crippen molar-refractivity contribution in [2.24, 2.45) is 0 Å². The molecule has 0 saturated heterocycles. The summed E-state index contributed by atoms with van der Waals surface area (Å²) < 4.78 is 54.8. The molecule has 19 heavy (non-hydrogen) atoms. The third-order valence-electron chi connectivity index (χ3n) is 1.98. The second-order valence-corrected chi connectivity index (χ2v) is 8.10. The van der Waals surface area contributed by atoms with Crippen molar-refractivity contribution in [3.05, 3.63) is 12.1 Å². The number of benzene rings is 1. The lowest BCUT2D eigenvalue weighted by Crippen LogP contribution is -2.02. The maximum atomic E-state index is 11.3. The van der Waals surface area contributed by atoms with Gasteiger partial charge in [-0.15, -0.1) is 0 Å². The minimum Gasteiger partial charge on any atom is -0.495 e. The summed E-state index contributed by atoms with van der Waals surface area (Å²) in [5, 5.41) is 0. The van der Waals surface area contributed by atoms with E-state index in [0.717, 1.165) is 12.1 Å². The quantitative estimate of drug-likeness (QED) is 0.577. The van der Waals surface area contributed by atoms with Crippen LogP contribution in [0.2, 0.25) is 0 Å². The van der Waals surface area contributed by atoms with Crippen LogP contribution in [0.3, 0.4) is 0 Å². The Morgan fingerprint density at radius 1 is 0.842 bits per heavy atom. The number of halogens is 2. The maximum absolute atomic E-state index is 11.3. The van der Waals surface area contributed by atoms with Gasteiger partial charge in [-0.25, -0.2) is 16.8 Å². The molecule has 0 aliphatic carbocycles. The first-order valence-electron chi connectivity index (χ1n) is 4.26. The van der Waals surface area contributed by atoms with E-state index in [0.29, 0.717) is 0 Å². The molecule has 1 rings (SSSR count). The molecular weight excluding hydrogens is 338 g/mol. The number of methoxy groups -OCH3 is 2. The molecule has 0 radical (unpaired) electrons. The maximum Gasteiger partial charge on any atom is 0.265 e. The SMILES string of the molecule is B.COc1cc(OC)c(S(=O)(=O)Cl)cc1S(=O)(=O)Cl. The fourth-order valence-electron chi connectivity index (χ4n) is 1.22. The molecule has 11 heteroatoms. The Hall–Kier alpha value is -0.635. The van der Waals surface area contributed by atoms with Crippen molar-refractivity contribution in [3.8, 4) is 11.5 Å². The van der Waals surface area contributed by atoms with E-state index in [4.69, 9.17) is 30.8 Å². The average molecular weight is 349 g/mol. The molecule has 0 aromatic heterocycles. The van der Waals surface area contributed by atoms with Crippen molar-refractivity contribution in [1.82, 2.24) is 0 Å². The average Bonchev–Trinajstić information content (AvgIpc) is 2.24. The van der Waals surface area contributed by atoms with Crippen LogP contribution in [0.4, 0.5) is 0 Å². The third-order valence-corrected chi connectivity index (χ3v) is 4.66. The molecule has 0 spiro atoms. The van der Waals surface area contributed by atoms with Crippen LogP contribution < -0.4 is 9.47 Å². The van der Waals surface area contributed by atoms with Crippen LogP contribution >= 0.6 is 21.4 Å². The zero-order valence-corrected chi connectivity index (χ0v) is 12.3. The smallest absolute Gasteiger partial charge is 0.265 e. The molecule has 108 valence electrons. The predicted octanol–water partition coefficient (Wildman–Crippen LogP) is 0.375. The predicted molar refractivity (Wildman–Crippen MR) is 75.6 cm³/mol. The second-order valence-electron chi connectivity index (χ2n) is 3.03. The third kappa shape index (κ3) is 4.17. The summed E-state index contributed by atoms with van der Waals surface area (Å²) in [5.41, 5.74) is 0. The van der Waals surface area contributed by atoms with E-state index in [1.807, 2.05) is 0 Å². The molecule has 0 bridgehead atoms. The molecule has 6 nitrogen and oxygen atoms in total. The van der Waals surface area contributed by atoms with Gasteiger partial charge in [0.1, 0.15) is 21.3 Å². The van der Waals surface area contributed by atoms with Crippen LogP contribution in [-0.2, 0) is 18.1 Å². The Morgan fingerprint density at radius 2 is 1.16 bits per heavy atom. The highest BCUT2D eigenvalue weighted by atomic mass is 35.7. The molecule has 0 atom stereocenters. The summed E-state index contributed by atoms with van der Waals surface area (Å²) >= 11 is 0. The van der Waals surface area contributed by atoms with E-state index in [1.54, 1.807) is 0 Å². The molecule has 0 fully saturated rings. The highest BCUT2D eigenvalue weighted by molar-refractivity contribution is 8.14. The summed E-state index contributed by atoms with van der Waals surface area (Å²) in [6.45, 7) is 0. The number of hydrogen-bond donors (Lipinski definition) is 0. The van der Waals surface area contributed by atoms with E-state index in [1.165, 1.54) is 14.2 Å². The van der Waals surface area contributed by atoms with E-state index in [2.05, 4.69) is 0 Å². The van der Waals surface area contributed by atoms with Gasteiger partial charge in [0.2, 0.25) is 0 Å². The van der Waals surface area contributed by atoms with Gasteiger partial charge in [-0.05, 0) is 6.07 Å². The molecular formula is C8H11BCl2O6S2. The van der Waals surface area contributed by atoms with Crippen molar-refractivity contribution in [3.63, 3.8) is 0 Å². The van der Waals surface area contributed by atoms with Crippen molar-refractivity contribution in [2.45, 2.75) is 9.79 Å². The highest BCUT2D eigenvalue weighted by Gasteiger charge is 2.25. The highest BCUT2D eigenvalue weighted by Crippen LogP contribution is 2.37. The fourth-order valence-corrected chi connectivity index (χ4v) is 3.30. The van der Waals surface area contributed by atoms with E-state index in [9.17, 15) is 16.8 Å². The monoisotopic (exact) mass is 348 g/mol. The Morgan fingerprint density at radius 3 is 1.37 bits per heavy atom. The van der Waals surface area contributed by atoms with Crippen molar-refractivity contribution >= 4 is 47.9 Å². The number of ether oxygens (including phenoxy) is 2. The van der Waals surface area contributed by atoms with Gasteiger partial charge in [-0.1, -0.05) is 0 Å². The fraction of sp³-hybridized carbons (Fsp3) is 0.250. The molecule has 0 N–H and O–H groups in total. The van der Waals surface area contributed by atoms with Crippen LogP contribution in [0.5, 0.6) is 11.5 Å². The minimum atomic E-state index is -4.18. The summed E-state index contributed by atoms with van der Waals surface area (Å²) in [6.07, 6.45) is 0. The van der Waals surface area contributed by atoms with Gasteiger partial charge in [-0.3, -0.25) is 0 Å². The molecule has 0 amide bonds. The molecule has 0 aliphatic heterocycles. The van der Waals surface area contributed by atoms with Gasteiger partial charge < -0.3 is 9.47 Å². The zero-order valence-electron chi connectivity index (χ0n) is 9.18. The van der Waals surface area contributed by atoms with Gasteiger partial charge in [0, 0.05) is 27.4 Å². The Balaban J connectivity index is 0.00000324. The molecule has 1 aromatic carbocycles. The lowest BCUT2D eigenvalue weighted by molar-refractivity contribution is 0.379. The van der Waals surface area contributed by atoms with Gasteiger partial charge in [-0.2, -0.15) is 0 Å². The van der Waals surface area contributed by atoms with Gasteiger partial charge in [0.05, 0.1) is 22.6 Å². The van der Waals surface area contributed by atoms with Crippen molar-refractivity contribution < 1.29 is 26.3 Å². The minimum absolute atomic E-state index is 0. The van der Waals surface area contributed by atoms with Gasteiger partial charge >= 0.3 is 0 Å². The summed E-state index contributed by atoms with van der Waals surface area (Å²) in [6, 6.07) is 1.85. The van der Waals surface area contributed by atoms with Crippen LogP contribution in [0.25, 0.3) is 0 Å². The molecule has 1 aromatic rings. The van der Waals surface area contributed by atoms with Gasteiger partial charge in [0.15, 0.2) is 0 Å². The van der Waals surface area contributed by atoms with Gasteiger partial charge in [0.25, 0.3) is 18.1 Å². The molecule has 0 saturated carbocycles. The van der Waals surface area contributed by atoms with Crippen LogP contribution in [0.15, 0.2) is 21.9 Å². The first-order chi connectivity index (χ1) is 8.11. The summed E-state index contributed by atoms with van der Waals surface area (Å²) in [4.78, 5) is -1.02. The lowest BCUT2D eigenvalue weighted by atomic mass is 10.3. The van der Waals surface area contributed by atoms with Crippen LogP contribution in [0, 0.1) is 0 Å². The first kappa shape index (κ1) is 18.4. The largest absolute Gasteiger partial charge is 0.495 e. The molecule has 0 heterocycles. The Bertz CT molecular complexity index is 615. The van der Waals surface area contributed by atoms with E-state index >= 15 is 0 Å². The van der Waals surface area contributed by atoms with Crippen molar-refractivity contribution in [2.75, 3.05) is 14.2 Å². The topological polar surface area (TPSA) is 86.7 Å². The number of rotatable bonds is 4. The lowest BCUT2D eigenvalue weighted by Gasteiger charge is -2.11. The normalized spacial score (nSPS) is 11.6. The number of hydrogen-bond acceptors (Lipinski definition) is 6. The Labute approximate surface area is 122 Å². The van der Waals surface area contributed by atoms with E-state index < -0.39 is 27.9 Å². The van der Waals surface area contributed by atoms with Crippen molar-refractivity contribution in [1.29, 1.82) is 0 Å². The summed E-state index contributed by atoms with van der Waals surface area (Å²) in [7, 11) is 4.38. The molecule has 0 unspecified atom stereocenters. The Kier molecular flexibility index (Phi) is 6.00. The summed E-state index contributed by atoms with van der Waals surface area (Å²) in [5.74, 6) is -0.295. The first-order valence-corrected chi connectivity index (χ1v) is 8.88. The second kappa shape index (κ2) is 6.21. The van der Waals surface area contributed by atoms with E-state index in [-0.39, 0.29) is 19.9 Å². The molecule has 0 aliphatic rings. The standard InChI is InChI=1S/C8H8Cl2O6S2.BH3/c1-15-5-3-6(16-2)8(18(10,13)14)4-7(5)17(9,11)12;/h3-4H,1-2H3;1H3. The van der Waals surface area contributed by atoms with Crippen LogP contribution in [-0.4, -0.2) is 39.5 Å². The van der Waals surface area contributed by atoms with Crippen LogP contribution in [0.1, 0.15) is 0 Å². The zero-order chi connectivity index (χ0) is 14.1.